The van der Waals surface area contributed by atoms with Crippen molar-refractivity contribution >= 4 is 5.97 Å². The molecular formula is C16H20O6. The van der Waals surface area contributed by atoms with Crippen molar-refractivity contribution in [3.63, 3.8) is 0 Å². The maximum Gasteiger partial charge on any atom is 0.338 e. The van der Waals surface area contributed by atoms with Gasteiger partial charge in [0.1, 0.15) is 12.2 Å². The Bertz CT molecular complexity index is 529. The molecule has 6 heteroatoms. The third-order valence-corrected chi connectivity index (χ3v) is 3.79. The Morgan fingerprint density at radius 1 is 1.27 bits per heavy atom. The largest absolute Gasteiger partial charge is 0.455 e. The van der Waals surface area contributed by atoms with Crippen molar-refractivity contribution in [2.24, 2.45) is 0 Å². The Kier molecular flexibility index (Phi) is 4.18. The molecule has 1 aromatic carbocycles. The summed E-state index contributed by atoms with van der Waals surface area (Å²) >= 11 is 0. The Hall–Kier alpha value is -1.47. The van der Waals surface area contributed by atoms with Crippen LogP contribution >= 0.6 is 0 Å². The van der Waals surface area contributed by atoms with E-state index in [2.05, 4.69) is 0 Å². The summed E-state index contributed by atoms with van der Waals surface area (Å²) in [6, 6.07) is 9.60. The van der Waals surface area contributed by atoms with E-state index in [1.807, 2.05) is 30.3 Å². The summed E-state index contributed by atoms with van der Waals surface area (Å²) in [5.74, 6) is -1.31. The zero-order chi connectivity index (χ0) is 15.7. The number of cyclic esters (lactones) is 1. The second kappa shape index (κ2) is 5.96. The quantitative estimate of drug-likeness (QED) is 0.818. The van der Waals surface area contributed by atoms with Crippen molar-refractivity contribution in [2.75, 3.05) is 6.61 Å². The molecule has 4 atom stereocenters. The molecule has 0 saturated carbocycles. The normalized spacial score (nSPS) is 30.9. The van der Waals surface area contributed by atoms with Crippen LogP contribution in [0.25, 0.3) is 0 Å². The standard InChI is InChI=1S/C16H20O6/c1-16(2)21-13-12(20-15(18)14(13)22-16)11(8-17)19-9-10-6-4-3-5-7-10/h3-7,11-14,17H,8-9H2,1-2H3/t11-,12+,13-,14-/m0/s1. The van der Waals surface area contributed by atoms with Crippen LogP contribution < -0.4 is 0 Å². The zero-order valence-corrected chi connectivity index (χ0v) is 12.6. The average Bonchev–Trinajstić information content (AvgIpc) is 2.96. The van der Waals surface area contributed by atoms with Gasteiger partial charge in [0, 0.05) is 0 Å². The van der Waals surface area contributed by atoms with Gasteiger partial charge in [-0.1, -0.05) is 30.3 Å². The summed E-state index contributed by atoms with van der Waals surface area (Å²) < 4.78 is 22.3. The molecule has 2 heterocycles. The van der Waals surface area contributed by atoms with Crippen LogP contribution in [0.2, 0.25) is 0 Å². The highest BCUT2D eigenvalue weighted by Crippen LogP contribution is 2.37. The molecule has 2 aliphatic heterocycles. The number of carbonyl (C=O) groups excluding carboxylic acids is 1. The molecule has 2 saturated heterocycles. The van der Waals surface area contributed by atoms with Crippen LogP contribution in [0.15, 0.2) is 30.3 Å². The van der Waals surface area contributed by atoms with Gasteiger partial charge in [-0.25, -0.2) is 4.79 Å². The number of benzene rings is 1. The number of fused-ring (bicyclic) bond motifs is 1. The average molecular weight is 308 g/mol. The molecule has 1 aromatic rings. The molecule has 0 aromatic heterocycles. The van der Waals surface area contributed by atoms with Gasteiger partial charge in [-0.15, -0.1) is 0 Å². The first-order valence-electron chi connectivity index (χ1n) is 7.33. The molecule has 0 unspecified atom stereocenters. The van der Waals surface area contributed by atoms with E-state index in [1.165, 1.54) is 0 Å². The predicted molar refractivity (Wildman–Crippen MR) is 75.8 cm³/mol. The maximum absolute atomic E-state index is 11.9. The molecule has 0 bridgehead atoms. The Labute approximate surface area is 128 Å². The number of carbonyl (C=O) groups is 1. The number of hydrogen-bond donors (Lipinski definition) is 1. The summed E-state index contributed by atoms with van der Waals surface area (Å²) in [6.45, 7) is 3.54. The Morgan fingerprint density at radius 2 is 2.00 bits per heavy atom. The van der Waals surface area contributed by atoms with Crippen LogP contribution in [0.1, 0.15) is 19.4 Å². The van der Waals surface area contributed by atoms with E-state index in [0.29, 0.717) is 6.61 Å². The van der Waals surface area contributed by atoms with Crippen LogP contribution in [-0.4, -0.2) is 47.9 Å². The number of ether oxygens (including phenoxy) is 4. The van der Waals surface area contributed by atoms with E-state index in [-0.39, 0.29) is 6.61 Å². The van der Waals surface area contributed by atoms with Gasteiger partial charge in [0.15, 0.2) is 18.0 Å². The Morgan fingerprint density at radius 3 is 2.68 bits per heavy atom. The summed E-state index contributed by atoms with van der Waals surface area (Å²) in [5, 5.41) is 9.59. The first kappa shape index (κ1) is 15.4. The first-order chi connectivity index (χ1) is 10.5. The van der Waals surface area contributed by atoms with E-state index in [1.54, 1.807) is 13.8 Å². The second-order valence-electron chi connectivity index (χ2n) is 5.94. The summed E-state index contributed by atoms with van der Waals surface area (Å²) in [5.41, 5.74) is 0.978. The highest BCUT2D eigenvalue weighted by atomic mass is 16.8. The van der Waals surface area contributed by atoms with Crippen LogP contribution in [0.4, 0.5) is 0 Å². The number of aliphatic hydroxyl groups excluding tert-OH is 1. The van der Waals surface area contributed by atoms with Crippen LogP contribution in [0.5, 0.6) is 0 Å². The fraction of sp³-hybridized carbons (Fsp3) is 0.562. The first-order valence-corrected chi connectivity index (χ1v) is 7.33. The lowest BCUT2D eigenvalue weighted by Gasteiger charge is -2.26. The van der Waals surface area contributed by atoms with E-state index in [9.17, 15) is 9.90 Å². The number of esters is 1. The van der Waals surface area contributed by atoms with Crippen LogP contribution in [0, 0.1) is 0 Å². The van der Waals surface area contributed by atoms with Crippen molar-refractivity contribution in [3.05, 3.63) is 35.9 Å². The van der Waals surface area contributed by atoms with Gasteiger partial charge in [-0.3, -0.25) is 0 Å². The molecular weight excluding hydrogens is 288 g/mol. The molecule has 0 radical (unpaired) electrons. The van der Waals surface area contributed by atoms with Crippen molar-refractivity contribution in [3.8, 4) is 0 Å². The van der Waals surface area contributed by atoms with E-state index < -0.39 is 36.2 Å². The molecule has 2 aliphatic rings. The third-order valence-electron chi connectivity index (χ3n) is 3.79. The number of aliphatic hydroxyl groups is 1. The van der Waals surface area contributed by atoms with Crippen molar-refractivity contribution in [1.82, 2.24) is 0 Å². The van der Waals surface area contributed by atoms with Crippen LogP contribution in [0.3, 0.4) is 0 Å². The van der Waals surface area contributed by atoms with Crippen LogP contribution in [-0.2, 0) is 30.3 Å². The topological polar surface area (TPSA) is 74.2 Å². The fourth-order valence-corrected chi connectivity index (χ4v) is 2.80. The van der Waals surface area contributed by atoms with Gasteiger partial charge in [-0.2, -0.15) is 0 Å². The Balaban J connectivity index is 1.67. The van der Waals surface area contributed by atoms with Crippen molar-refractivity contribution < 1.29 is 28.8 Å². The third kappa shape index (κ3) is 3.01. The molecule has 0 aliphatic carbocycles. The lowest BCUT2D eigenvalue weighted by Crippen LogP contribution is -2.42. The fourth-order valence-electron chi connectivity index (χ4n) is 2.80. The van der Waals surface area contributed by atoms with Crippen molar-refractivity contribution in [2.45, 2.75) is 50.7 Å². The monoisotopic (exact) mass is 308 g/mol. The van der Waals surface area contributed by atoms with Gasteiger partial charge in [-0.05, 0) is 19.4 Å². The number of hydrogen-bond acceptors (Lipinski definition) is 6. The molecule has 2 fully saturated rings. The highest BCUT2D eigenvalue weighted by molar-refractivity contribution is 5.78. The molecule has 6 nitrogen and oxygen atoms in total. The van der Waals surface area contributed by atoms with E-state index in [0.717, 1.165) is 5.56 Å². The number of rotatable bonds is 5. The molecule has 3 rings (SSSR count). The SMILES string of the molecule is CC1(C)O[C@H]2[C@@H]([C@H](CO)OCc3ccccc3)OC(=O)[C@H]2O1. The minimum absolute atomic E-state index is 0.266. The maximum atomic E-state index is 11.9. The second-order valence-corrected chi connectivity index (χ2v) is 5.94. The predicted octanol–water partition coefficient (Wildman–Crippen LogP) is 1.01. The van der Waals surface area contributed by atoms with Gasteiger partial charge in [0.25, 0.3) is 0 Å². The minimum atomic E-state index is -0.841. The molecule has 0 amide bonds. The molecule has 1 N–H and O–H groups in total. The molecule has 0 spiro atoms. The van der Waals surface area contributed by atoms with Gasteiger partial charge in [0.05, 0.1) is 13.2 Å². The van der Waals surface area contributed by atoms with Gasteiger partial charge < -0.3 is 24.1 Å². The summed E-state index contributed by atoms with van der Waals surface area (Å²) in [6.07, 6.45) is -2.64. The summed E-state index contributed by atoms with van der Waals surface area (Å²) in [7, 11) is 0. The minimum Gasteiger partial charge on any atom is -0.455 e. The van der Waals surface area contributed by atoms with Gasteiger partial charge in [0.2, 0.25) is 0 Å². The van der Waals surface area contributed by atoms with Gasteiger partial charge >= 0.3 is 5.97 Å². The molecule has 120 valence electrons. The van der Waals surface area contributed by atoms with Crippen molar-refractivity contribution in [1.29, 1.82) is 0 Å². The smallest absolute Gasteiger partial charge is 0.338 e. The molecule has 22 heavy (non-hydrogen) atoms. The van der Waals surface area contributed by atoms with E-state index >= 15 is 0 Å². The zero-order valence-electron chi connectivity index (χ0n) is 12.6. The lowest BCUT2D eigenvalue weighted by atomic mass is 10.1. The lowest BCUT2D eigenvalue weighted by molar-refractivity contribution is -0.199. The highest BCUT2D eigenvalue weighted by Gasteiger charge is 2.58. The van der Waals surface area contributed by atoms with E-state index in [4.69, 9.17) is 18.9 Å². The summed E-state index contributed by atoms with van der Waals surface area (Å²) in [4.78, 5) is 11.9.